The molecule has 1 amide bonds. The van der Waals surface area contributed by atoms with Crippen molar-refractivity contribution in [2.24, 2.45) is 0 Å². The normalized spacial score (nSPS) is 10.8. The first kappa shape index (κ1) is 17.9. The molecule has 0 aliphatic rings. The molecule has 0 aliphatic heterocycles. The fraction of sp³-hybridized carbons (Fsp3) is 0.105. The summed E-state index contributed by atoms with van der Waals surface area (Å²) in [6.45, 7) is 2.22. The molecular weight excluding hydrogens is 378 g/mol. The number of aromatic amines is 1. The maximum absolute atomic E-state index is 12.3. The topological polar surface area (TPSA) is 101 Å². The SMILES string of the molecule is Cc1nc(-c2ccc(CNC(=O)c3cn(-c4cccc(Cl)c4)nn3)cc2)n[nH]1. The molecule has 2 heterocycles. The van der Waals surface area contributed by atoms with Gasteiger partial charge in [0, 0.05) is 17.1 Å². The number of hydrogen-bond acceptors (Lipinski definition) is 5. The average molecular weight is 394 g/mol. The highest BCUT2D eigenvalue weighted by Gasteiger charge is 2.12. The van der Waals surface area contributed by atoms with Crippen molar-refractivity contribution in [3.8, 4) is 17.1 Å². The largest absolute Gasteiger partial charge is 0.347 e. The van der Waals surface area contributed by atoms with E-state index in [4.69, 9.17) is 11.6 Å². The number of aryl methyl sites for hydroxylation is 1. The molecule has 0 spiro atoms. The molecule has 0 unspecified atom stereocenters. The predicted octanol–water partition coefficient (Wildman–Crippen LogP) is 2.94. The van der Waals surface area contributed by atoms with Gasteiger partial charge in [-0.05, 0) is 30.7 Å². The first-order valence-corrected chi connectivity index (χ1v) is 8.91. The van der Waals surface area contributed by atoms with Crippen LogP contribution in [0.5, 0.6) is 0 Å². The quantitative estimate of drug-likeness (QED) is 0.542. The number of nitrogens with zero attached hydrogens (tertiary/aromatic N) is 5. The summed E-state index contributed by atoms with van der Waals surface area (Å²) in [4.78, 5) is 16.6. The van der Waals surface area contributed by atoms with Gasteiger partial charge in [-0.2, -0.15) is 5.10 Å². The summed E-state index contributed by atoms with van der Waals surface area (Å²) < 4.78 is 1.51. The van der Waals surface area contributed by atoms with Crippen LogP contribution in [-0.4, -0.2) is 36.1 Å². The van der Waals surface area contributed by atoms with Crippen molar-refractivity contribution in [3.05, 3.63) is 76.8 Å². The Kier molecular flexibility index (Phi) is 4.86. The summed E-state index contributed by atoms with van der Waals surface area (Å²) >= 11 is 5.98. The molecule has 0 bridgehead atoms. The number of benzene rings is 2. The predicted molar refractivity (Wildman–Crippen MR) is 104 cm³/mol. The van der Waals surface area contributed by atoms with Crippen molar-refractivity contribution in [2.45, 2.75) is 13.5 Å². The van der Waals surface area contributed by atoms with Gasteiger partial charge >= 0.3 is 0 Å². The standard InChI is InChI=1S/C19H16ClN7O/c1-12-22-18(25-23-12)14-7-5-13(6-8-14)10-21-19(28)17-11-27(26-24-17)16-4-2-3-15(20)9-16/h2-9,11H,10H2,1H3,(H,21,28)(H,22,23,25). The second kappa shape index (κ2) is 7.61. The van der Waals surface area contributed by atoms with Gasteiger partial charge in [-0.25, -0.2) is 9.67 Å². The van der Waals surface area contributed by atoms with Crippen LogP contribution < -0.4 is 5.32 Å². The van der Waals surface area contributed by atoms with E-state index in [-0.39, 0.29) is 11.6 Å². The fourth-order valence-electron chi connectivity index (χ4n) is 2.63. The molecule has 140 valence electrons. The summed E-state index contributed by atoms with van der Waals surface area (Å²) in [6, 6.07) is 14.8. The van der Waals surface area contributed by atoms with Crippen LogP contribution >= 0.6 is 11.6 Å². The minimum Gasteiger partial charge on any atom is -0.347 e. The van der Waals surface area contributed by atoms with Crippen molar-refractivity contribution in [2.75, 3.05) is 0 Å². The number of carbonyl (C=O) groups is 1. The monoisotopic (exact) mass is 393 g/mol. The number of carbonyl (C=O) groups excluding carboxylic acids is 1. The van der Waals surface area contributed by atoms with E-state index in [1.54, 1.807) is 18.3 Å². The van der Waals surface area contributed by atoms with Crippen LogP contribution in [0.4, 0.5) is 0 Å². The van der Waals surface area contributed by atoms with E-state index in [9.17, 15) is 4.79 Å². The summed E-state index contributed by atoms with van der Waals surface area (Å²) in [5, 5.41) is 18.3. The fourth-order valence-corrected chi connectivity index (χ4v) is 2.81. The summed E-state index contributed by atoms with van der Waals surface area (Å²) in [5.74, 6) is 1.10. The maximum atomic E-state index is 12.3. The van der Waals surface area contributed by atoms with Crippen molar-refractivity contribution in [1.29, 1.82) is 0 Å². The Morgan fingerprint density at radius 2 is 2.04 bits per heavy atom. The van der Waals surface area contributed by atoms with Gasteiger partial charge in [0.15, 0.2) is 11.5 Å². The van der Waals surface area contributed by atoms with E-state index in [0.717, 1.165) is 22.6 Å². The molecule has 0 aliphatic carbocycles. The Hall–Kier alpha value is -3.52. The lowest BCUT2D eigenvalue weighted by Crippen LogP contribution is -2.23. The number of halogens is 1. The van der Waals surface area contributed by atoms with Gasteiger partial charge in [-0.15, -0.1) is 5.10 Å². The number of nitrogens with one attached hydrogen (secondary N) is 2. The molecule has 0 atom stereocenters. The van der Waals surface area contributed by atoms with Crippen LogP contribution in [-0.2, 0) is 6.54 Å². The van der Waals surface area contributed by atoms with E-state index in [0.29, 0.717) is 17.4 Å². The van der Waals surface area contributed by atoms with Gasteiger partial charge in [0.25, 0.3) is 5.91 Å². The maximum Gasteiger partial charge on any atom is 0.273 e. The first-order valence-electron chi connectivity index (χ1n) is 8.53. The van der Waals surface area contributed by atoms with Crippen LogP contribution in [0.1, 0.15) is 21.9 Å². The lowest BCUT2D eigenvalue weighted by Gasteiger charge is -2.04. The van der Waals surface area contributed by atoms with Crippen LogP contribution in [0.3, 0.4) is 0 Å². The molecule has 4 rings (SSSR count). The zero-order chi connectivity index (χ0) is 19.5. The second-order valence-electron chi connectivity index (χ2n) is 6.15. The molecule has 0 saturated heterocycles. The molecule has 2 aromatic carbocycles. The Bertz CT molecular complexity index is 1120. The molecule has 9 heteroatoms. The van der Waals surface area contributed by atoms with Gasteiger partial charge in [-0.3, -0.25) is 9.89 Å². The van der Waals surface area contributed by atoms with Crippen LogP contribution in [0.15, 0.2) is 54.7 Å². The van der Waals surface area contributed by atoms with Crippen molar-refractivity contribution < 1.29 is 4.79 Å². The van der Waals surface area contributed by atoms with E-state index in [1.807, 2.05) is 43.3 Å². The second-order valence-corrected chi connectivity index (χ2v) is 6.59. The van der Waals surface area contributed by atoms with Gasteiger partial charge in [0.05, 0.1) is 11.9 Å². The highest BCUT2D eigenvalue weighted by atomic mass is 35.5. The van der Waals surface area contributed by atoms with Gasteiger partial charge in [0.2, 0.25) is 0 Å². The third-order valence-electron chi connectivity index (χ3n) is 4.06. The third kappa shape index (κ3) is 3.91. The Morgan fingerprint density at radius 1 is 1.21 bits per heavy atom. The van der Waals surface area contributed by atoms with E-state index < -0.39 is 0 Å². The minimum absolute atomic E-state index is 0.229. The van der Waals surface area contributed by atoms with Gasteiger partial charge < -0.3 is 5.32 Å². The van der Waals surface area contributed by atoms with E-state index in [2.05, 4.69) is 30.8 Å². The summed E-state index contributed by atoms with van der Waals surface area (Å²) in [5.41, 5.74) is 2.82. The molecule has 28 heavy (non-hydrogen) atoms. The molecule has 2 aromatic heterocycles. The number of H-pyrrole nitrogens is 1. The molecule has 0 radical (unpaired) electrons. The number of amides is 1. The summed E-state index contributed by atoms with van der Waals surface area (Å²) in [6.07, 6.45) is 1.57. The molecule has 8 nitrogen and oxygen atoms in total. The number of hydrogen-bond donors (Lipinski definition) is 2. The van der Waals surface area contributed by atoms with Crippen LogP contribution in [0.2, 0.25) is 5.02 Å². The molecular formula is C19H16ClN7O. The number of rotatable bonds is 5. The molecule has 0 saturated carbocycles. The van der Waals surface area contributed by atoms with E-state index in [1.165, 1.54) is 4.68 Å². The lowest BCUT2D eigenvalue weighted by atomic mass is 10.1. The Balaban J connectivity index is 1.39. The Morgan fingerprint density at radius 3 is 2.75 bits per heavy atom. The summed E-state index contributed by atoms with van der Waals surface area (Å²) in [7, 11) is 0. The highest BCUT2D eigenvalue weighted by molar-refractivity contribution is 6.30. The minimum atomic E-state index is -0.304. The lowest BCUT2D eigenvalue weighted by molar-refractivity contribution is 0.0946. The van der Waals surface area contributed by atoms with Crippen molar-refractivity contribution >= 4 is 17.5 Å². The number of aromatic nitrogens is 6. The zero-order valence-electron chi connectivity index (χ0n) is 14.9. The van der Waals surface area contributed by atoms with Gasteiger partial charge in [-0.1, -0.05) is 47.1 Å². The Labute approximate surface area is 165 Å². The average Bonchev–Trinajstić information content (AvgIpc) is 3.36. The van der Waals surface area contributed by atoms with Crippen LogP contribution in [0.25, 0.3) is 17.1 Å². The smallest absolute Gasteiger partial charge is 0.273 e. The first-order chi connectivity index (χ1) is 13.6. The van der Waals surface area contributed by atoms with E-state index >= 15 is 0 Å². The highest BCUT2D eigenvalue weighted by Crippen LogP contribution is 2.16. The molecule has 0 fully saturated rings. The van der Waals surface area contributed by atoms with Crippen molar-refractivity contribution in [3.63, 3.8) is 0 Å². The van der Waals surface area contributed by atoms with Crippen LogP contribution in [0, 0.1) is 6.92 Å². The van der Waals surface area contributed by atoms with Crippen molar-refractivity contribution in [1.82, 2.24) is 35.5 Å². The molecule has 2 N–H and O–H groups in total. The molecule has 4 aromatic rings. The third-order valence-corrected chi connectivity index (χ3v) is 4.30. The van der Waals surface area contributed by atoms with Gasteiger partial charge in [0.1, 0.15) is 5.82 Å². The zero-order valence-corrected chi connectivity index (χ0v) is 15.7.